The van der Waals surface area contributed by atoms with Gasteiger partial charge in [-0.2, -0.15) is 0 Å². The van der Waals surface area contributed by atoms with Crippen LogP contribution in [0.3, 0.4) is 0 Å². The van der Waals surface area contributed by atoms with E-state index in [-0.39, 0.29) is 5.66 Å². The van der Waals surface area contributed by atoms with Crippen molar-refractivity contribution < 1.29 is 0 Å². The van der Waals surface area contributed by atoms with Crippen LogP contribution in [0.25, 0.3) is 6.08 Å². The molecule has 1 spiro atoms. The number of para-hydroxylation sites is 2. The van der Waals surface area contributed by atoms with Gasteiger partial charge in [0.2, 0.25) is 0 Å². The Kier molecular flexibility index (Phi) is 1.90. The third-order valence-electron chi connectivity index (χ3n) is 3.79. The molecule has 1 N–H and O–H groups in total. The molecule has 1 atom stereocenters. The van der Waals surface area contributed by atoms with E-state index in [0.29, 0.717) is 0 Å². The fraction of sp³-hybridized carbons (Fsp3) is 0.188. The summed E-state index contributed by atoms with van der Waals surface area (Å²) in [6.07, 6.45) is 4.37. The highest BCUT2D eigenvalue weighted by atomic mass is 15.2. The molecule has 0 aliphatic carbocycles. The van der Waals surface area contributed by atoms with Crippen LogP contribution in [-0.4, -0.2) is 5.66 Å². The van der Waals surface area contributed by atoms with Gasteiger partial charge in [0, 0.05) is 10.9 Å². The smallest absolute Gasteiger partial charge is 0.150 e. The van der Waals surface area contributed by atoms with Crippen molar-refractivity contribution in [3.63, 3.8) is 0 Å². The molecule has 18 heavy (non-hydrogen) atoms. The SMILES string of the molecule is C1=c2ccccc2=NC12CCc1ccccc1N2. The maximum Gasteiger partial charge on any atom is 0.150 e. The molecule has 0 aromatic heterocycles. The van der Waals surface area contributed by atoms with Crippen LogP contribution in [0, 0.1) is 0 Å². The van der Waals surface area contributed by atoms with Gasteiger partial charge in [-0.25, -0.2) is 0 Å². The second-order valence-electron chi connectivity index (χ2n) is 5.02. The minimum Gasteiger partial charge on any atom is -0.358 e. The molecule has 2 aromatic carbocycles. The van der Waals surface area contributed by atoms with Crippen LogP contribution in [0.5, 0.6) is 0 Å². The number of nitrogens with one attached hydrogen (secondary N) is 1. The van der Waals surface area contributed by atoms with Crippen molar-refractivity contribution >= 4 is 11.8 Å². The molecule has 1 unspecified atom stereocenters. The van der Waals surface area contributed by atoms with Crippen molar-refractivity contribution in [3.8, 4) is 0 Å². The fourth-order valence-electron chi connectivity index (χ4n) is 2.89. The first kappa shape index (κ1) is 9.89. The molecule has 0 bridgehead atoms. The first-order valence-electron chi connectivity index (χ1n) is 6.39. The maximum atomic E-state index is 4.87. The molecule has 0 saturated heterocycles. The number of anilines is 1. The lowest BCUT2D eigenvalue weighted by Gasteiger charge is -2.33. The number of benzene rings is 2. The van der Waals surface area contributed by atoms with E-state index in [1.807, 2.05) is 6.07 Å². The summed E-state index contributed by atoms with van der Waals surface area (Å²) >= 11 is 0. The Hall–Kier alpha value is -2.09. The zero-order valence-corrected chi connectivity index (χ0v) is 10.1. The van der Waals surface area contributed by atoms with Crippen molar-refractivity contribution in [2.24, 2.45) is 4.99 Å². The van der Waals surface area contributed by atoms with E-state index in [1.54, 1.807) is 0 Å². The molecule has 0 fully saturated rings. The molecular formula is C16H14N2. The predicted molar refractivity (Wildman–Crippen MR) is 72.8 cm³/mol. The van der Waals surface area contributed by atoms with Crippen LogP contribution in [0.1, 0.15) is 12.0 Å². The molecule has 2 aromatic rings. The average molecular weight is 234 g/mol. The fourth-order valence-corrected chi connectivity index (χ4v) is 2.89. The summed E-state index contributed by atoms with van der Waals surface area (Å²) < 4.78 is 0. The molecule has 4 rings (SSSR count). The van der Waals surface area contributed by atoms with E-state index in [9.17, 15) is 0 Å². The lowest BCUT2D eigenvalue weighted by Crippen LogP contribution is -2.37. The van der Waals surface area contributed by atoms with E-state index in [0.717, 1.165) is 18.2 Å². The molecular weight excluding hydrogens is 220 g/mol. The lowest BCUT2D eigenvalue weighted by atomic mass is 9.93. The van der Waals surface area contributed by atoms with Crippen LogP contribution in [-0.2, 0) is 6.42 Å². The monoisotopic (exact) mass is 234 g/mol. The van der Waals surface area contributed by atoms with E-state index in [2.05, 4.69) is 53.9 Å². The Morgan fingerprint density at radius 3 is 2.78 bits per heavy atom. The second-order valence-corrected chi connectivity index (χ2v) is 5.02. The summed E-state index contributed by atoms with van der Waals surface area (Å²) in [5.41, 5.74) is 2.39. The number of fused-ring (bicyclic) bond motifs is 2. The number of rotatable bonds is 0. The maximum absolute atomic E-state index is 4.87. The van der Waals surface area contributed by atoms with Gasteiger partial charge in [0.25, 0.3) is 0 Å². The van der Waals surface area contributed by atoms with Gasteiger partial charge < -0.3 is 5.32 Å². The molecule has 2 heterocycles. The summed E-state index contributed by atoms with van der Waals surface area (Å²) in [6, 6.07) is 16.8. The number of aryl methyl sites for hydroxylation is 1. The van der Waals surface area contributed by atoms with Crippen LogP contribution in [0.15, 0.2) is 53.5 Å². The first-order valence-corrected chi connectivity index (χ1v) is 6.39. The molecule has 2 nitrogen and oxygen atoms in total. The Balaban J connectivity index is 1.84. The molecule has 0 amide bonds. The van der Waals surface area contributed by atoms with Gasteiger partial charge in [0.1, 0.15) is 0 Å². The van der Waals surface area contributed by atoms with E-state index in [1.165, 1.54) is 16.5 Å². The normalized spacial score (nSPS) is 23.6. The number of hydrogen-bond donors (Lipinski definition) is 1. The summed E-state index contributed by atoms with van der Waals surface area (Å²) in [4.78, 5) is 4.87. The zero-order valence-electron chi connectivity index (χ0n) is 10.1. The van der Waals surface area contributed by atoms with Gasteiger partial charge in [0.05, 0.1) is 5.36 Å². The van der Waals surface area contributed by atoms with Gasteiger partial charge in [-0.1, -0.05) is 36.4 Å². The second kappa shape index (κ2) is 3.45. The summed E-state index contributed by atoms with van der Waals surface area (Å²) in [6.45, 7) is 0. The highest BCUT2D eigenvalue weighted by Gasteiger charge is 2.32. The number of hydrogen-bond acceptors (Lipinski definition) is 2. The Bertz CT molecular complexity index is 696. The van der Waals surface area contributed by atoms with Crippen LogP contribution < -0.4 is 15.9 Å². The van der Waals surface area contributed by atoms with Gasteiger partial charge in [0.15, 0.2) is 5.66 Å². The van der Waals surface area contributed by atoms with E-state index < -0.39 is 0 Å². The molecule has 2 aliphatic rings. The first-order chi connectivity index (χ1) is 8.85. The quantitative estimate of drug-likeness (QED) is 0.739. The molecule has 0 radical (unpaired) electrons. The third-order valence-corrected chi connectivity index (χ3v) is 3.79. The van der Waals surface area contributed by atoms with Crippen LogP contribution in [0.2, 0.25) is 0 Å². The predicted octanol–water partition coefficient (Wildman–Crippen LogP) is 1.85. The van der Waals surface area contributed by atoms with Gasteiger partial charge in [-0.3, -0.25) is 4.99 Å². The Morgan fingerprint density at radius 2 is 1.83 bits per heavy atom. The highest BCUT2D eigenvalue weighted by molar-refractivity contribution is 5.61. The summed E-state index contributed by atoms with van der Waals surface area (Å²) in [5, 5.41) is 5.94. The van der Waals surface area contributed by atoms with Crippen molar-refractivity contribution in [2.45, 2.75) is 18.5 Å². The highest BCUT2D eigenvalue weighted by Crippen LogP contribution is 2.32. The molecule has 0 saturated carbocycles. The summed E-state index contributed by atoms with van der Waals surface area (Å²) in [7, 11) is 0. The number of nitrogens with zero attached hydrogens (tertiary/aromatic N) is 1. The summed E-state index contributed by atoms with van der Waals surface area (Å²) in [5.74, 6) is 0. The van der Waals surface area contributed by atoms with Crippen molar-refractivity contribution in [3.05, 3.63) is 64.7 Å². The minimum atomic E-state index is -0.224. The van der Waals surface area contributed by atoms with Crippen LogP contribution >= 0.6 is 0 Å². The lowest BCUT2D eigenvalue weighted by molar-refractivity contribution is 0.559. The third kappa shape index (κ3) is 1.39. The Morgan fingerprint density at radius 1 is 1.00 bits per heavy atom. The average Bonchev–Trinajstić information content (AvgIpc) is 2.76. The van der Waals surface area contributed by atoms with Gasteiger partial charge in [-0.05, 0) is 36.6 Å². The van der Waals surface area contributed by atoms with Gasteiger partial charge >= 0.3 is 0 Å². The molecule has 2 heteroatoms. The van der Waals surface area contributed by atoms with E-state index in [4.69, 9.17) is 4.99 Å². The largest absolute Gasteiger partial charge is 0.358 e. The standard InChI is InChI=1S/C16H14N2/c1-3-7-14-12(5-1)9-10-16(17-14)11-13-6-2-4-8-15(13)18-16/h1-8,11,17H,9-10H2. The van der Waals surface area contributed by atoms with Crippen molar-refractivity contribution in [2.75, 3.05) is 5.32 Å². The van der Waals surface area contributed by atoms with Crippen molar-refractivity contribution in [1.82, 2.24) is 0 Å². The topological polar surface area (TPSA) is 24.4 Å². The minimum absolute atomic E-state index is 0.224. The van der Waals surface area contributed by atoms with Crippen LogP contribution in [0.4, 0.5) is 5.69 Å². The van der Waals surface area contributed by atoms with E-state index >= 15 is 0 Å². The Labute approximate surface area is 106 Å². The molecule has 88 valence electrons. The zero-order chi connectivity index (χ0) is 12.0. The van der Waals surface area contributed by atoms with Gasteiger partial charge in [-0.15, -0.1) is 0 Å². The molecule has 2 aliphatic heterocycles. The van der Waals surface area contributed by atoms with Crippen molar-refractivity contribution in [1.29, 1.82) is 0 Å².